The number of carbonyl (C=O) groups excluding carboxylic acids is 1. The van der Waals surface area contributed by atoms with Gasteiger partial charge in [0.1, 0.15) is 5.75 Å². The van der Waals surface area contributed by atoms with Crippen LogP contribution in [-0.4, -0.2) is 27.2 Å². The smallest absolute Gasteiger partial charge is 0.238 e. The molecule has 1 atom stereocenters. The maximum absolute atomic E-state index is 13.8. The van der Waals surface area contributed by atoms with Crippen LogP contribution in [0.1, 0.15) is 30.9 Å². The van der Waals surface area contributed by atoms with Crippen LogP contribution in [0.25, 0.3) is 0 Å². The normalized spacial score (nSPS) is 17.9. The summed E-state index contributed by atoms with van der Waals surface area (Å²) in [5, 5.41) is 0. The van der Waals surface area contributed by atoms with E-state index in [-0.39, 0.29) is 18.1 Å². The lowest BCUT2D eigenvalue weighted by atomic mass is 9.77. The molecular weight excluding hydrogens is 422 g/mol. The molecule has 0 aromatic heterocycles. The summed E-state index contributed by atoms with van der Waals surface area (Å²) in [5.74, 6) is 0.637. The molecule has 0 radical (unpaired) electrons. The van der Waals surface area contributed by atoms with E-state index in [2.05, 4.69) is 0 Å². The van der Waals surface area contributed by atoms with Gasteiger partial charge < -0.3 is 9.64 Å². The zero-order valence-corrected chi connectivity index (χ0v) is 19.1. The minimum Gasteiger partial charge on any atom is -0.497 e. The second-order valence-corrected chi connectivity index (χ2v) is 10.2. The fourth-order valence-corrected chi connectivity index (χ4v) is 5.91. The summed E-state index contributed by atoms with van der Waals surface area (Å²) in [6.07, 6.45) is 0.780. The van der Waals surface area contributed by atoms with Crippen molar-refractivity contribution in [3.8, 4) is 5.75 Å². The van der Waals surface area contributed by atoms with Crippen LogP contribution >= 0.6 is 0 Å². The van der Waals surface area contributed by atoms with Crippen molar-refractivity contribution in [1.82, 2.24) is 0 Å². The lowest BCUT2D eigenvalue weighted by molar-refractivity contribution is -0.123. The number of carbonyl (C=O) groups is 1. The van der Waals surface area contributed by atoms with E-state index in [9.17, 15) is 13.2 Å². The molecule has 1 aliphatic heterocycles. The highest BCUT2D eigenvalue weighted by molar-refractivity contribution is 7.91. The van der Waals surface area contributed by atoms with Gasteiger partial charge in [-0.3, -0.25) is 4.79 Å². The van der Waals surface area contributed by atoms with Crippen LogP contribution in [-0.2, 0) is 26.6 Å². The summed E-state index contributed by atoms with van der Waals surface area (Å²) in [6, 6.07) is 23.8. The van der Waals surface area contributed by atoms with Crippen LogP contribution in [0.3, 0.4) is 0 Å². The molecule has 32 heavy (non-hydrogen) atoms. The summed E-state index contributed by atoms with van der Waals surface area (Å²) in [4.78, 5) is 15.9. The minimum atomic E-state index is -3.49. The van der Waals surface area contributed by atoms with E-state index in [0.29, 0.717) is 17.9 Å². The Kier molecular flexibility index (Phi) is 6.07. The molecule has 6 heteroatoms. The van der Waals surface area contributed by atoms with E-state index >= 15 is 0 Å². The van der Waals surface area contributed by atoms with Gasteiger partial charge in [0.05, 0.1) is 29.7 Å². The summed E-state index contributed by atoms with van der Waals surface area (Å²) >= 11 is 0. The third kappa shape index (κ3) is 3.91. The summed E-state index contributed by atoms with van der Waals surface area (Å²) < 4.78 is 31.2. The fraction of sp³-hybridized carbons (Fsp3) is 0.269. The summed E-state index contributed by atoms with van der Waals surface area (Å²) in [5.41, 5.74) is 1.89. The molecule has 166 valence electrons. The number of rotatable bonds is 8. The first-order valence-corrected chi connectivity index (χ1v) is 12.4. The zero-order valence-electron chi connectivity index (χ0n) is 18.3. The Morgan fingerprint density at radius 1 is 0.906 bits per heavy atom. The molecule has 3 aromatic rings. The first-order chi connectivity index (χ1) is 15.4. The quantitative estimate of drug-likeness (QED) is 0.498. The van der Waals surface area contributed by atoms with Crippen molar-refractivity contribution in [2.45, 2.75) is 36.6 Å². The average Bonchev–Trinajstić information content (AvgIpc) is 3.07. The van der Waals surface area contributed by atoms with Gasteiger partial charge >= 0.3 is 0 Å². The number of hydrogen-bond donors (Lipinski definition) is 0. The van der Waals surface area contributed by atoms with E-state index in [4.69, 9.17) is 4.74 Å². The van der Waals surface area contributed by atoms with Crippen LogP contribution in [0.2, 0.25) is 0 Å². The zero-order chi connectivity index (χ0) is 22.8. The highest BCUT2D eigenvalue weighted by Gasteiger charge is 2.49. The van der Waals surface area contributed by atoms with E-state index in [1.54, 1.807) is 42.3 Å². The minimum absolute atomic E-state index is 0.0414. The second kappa shape index (κ2) is 8.79. The standard InChI is InChI=1S/C26H27NO4S/c1-3-26(17-18-32(29,30)22-9-5-4-6-10-22)23-11-7-8-12-24(23)27(25(26)28)19-20-13-15-21(31-2)16-14-20/h4-16H,3,17-19H2,1-2H3/t26-/m0/s1. The van der Waals surface area contributed by atoms with Crippen LogP contribution in [0.15, 0.2) is 83.8 Å². The topological polar surface area (TPSA) is 63.7 Å². The molecule has 4 rings (SSSR count). The van der Waals surface area contributed by atoms with Gasteiger partial charge in [-0.25, -0.2) is 8.42 Å². The summed E-state index contributed by atoms with van der Waals surface area (Å²) in [7, 11) is -1.87. The van der Waals surface area contributed by atoms with Crippen molar-refractivity contribution in [2.24, 2.45) is 0 Å². The molecule has 0 spiro atoms. The molecular formula is C26H27NO4S. The van der Waals surface area contributed by atoms with Crippen molar-refractivity contribution in [3.05, 3.63) is 90.0 Å². The van der Waals surface area contributed by atoms with Gasteiger partial charge in [0, 0.05) is 5.69 Å². The number of sulfone groups is 1. The molecule has 1 amide bonds. The molecule has 1 heterocycles. The van der Waals surface area contributed by atoms with Crippen LogP contribution in [0.5, 0.6) is 5.75 Å². The van der Waals surface area contributed by atoms with E-state index in [1.165, 1.54) is 0 Å². The largest absolute Gasteiger partial charge is 0.497 e. The Hall–Kier alpha value is -3.12. The van der Waals surface area contributed by atoms with Crippen molar-refractivity contribution in [2.75, 3.05) is 17.8 Å². The molecule has 5 nitrogen and oxygen atoms in total. The number of fused-ring (bicyclic) bond motifs is 1. The van der Waals surface area contributed by atoms with Gasteiger partial charge in [0.25, 0.3) is 0 Å². The number of methoxy groups -OCH3 is 1. The molecule has 0 aliphatic carbocycles. The molecule has 0 saturated heterocycles. The molecule has 3 aromatic carbocycles. The Labute approximate surface area is 189 Å². The highest BCUT2D eigenvalue weighted by Crippen LogP contribution is 2.47. The number of nitrogens with zero attached hydrogens (tertiary/aromatic N) is 1. The third-order valence-corrected chi connectivity index (χ3v) is 8.10. The number of benzene rings is 3. The number of para-hydroxylation sites is 1. The molecule has 0 bridgehead atoms. The lowest BCUT2D eigenvalue weighted by Crippen LogP contribution is -2.41. The fourth-order valence-electron chi connectivity index (χ4n) is 4.48. The molecule has 1 aliphatic rings. The third-order valence-electron chi connectivity index (χ3n) is 6.37. The average molecular weight is 450 g/mol. The van der Waals surface area contributed by atoms with E-state index < -0.39 is 15.3 Å². The van der Waals surface area contributed by atoms with Crippen molar-refractivity contribution < 1.29 is 17.9 Å². The first-order valence-electron chi connectivity index (χ1n) is 10.7. The van der Waals surface area contributed by atoms with Crippen LogP contribution < -0.4 is 9.64 Å². The monoisotopic (exact) mass is 449 g/mol. The van der Waals surface area contributed by atoms with Gasteiger partial charge in [-0.05, 0) is 54.3 Å². The van der Waals surface area contributed by atoms with E-state index in [1.807, 2.05) is 55.5 Å². The molecule has 0 unspecified atom stereocenters. The van der Waals surface area contributed by atoms with Gasteiger partial charge in [-0.15, -0.1) is 0 Å². The number of amides is 1. The van der Waals surface area contributed by atoms with Crippen LogP contribution in [0, 0.1) is 0 Å². The Balaban J connectivity index is 1.65. The van der Waals surface area contributed by atoms with E-state index in [0.717, 1.165) is 22.6 Å². The van der Waals surface area contributed by atoms with Crippen molar-refractivity contribution in [3.63, 3.8) is 0 Å². The maximum Gasteiger partial charge on any atom is 0.238 e. The lowest BCUT2D eigenvalue weighted by Gasteiger charge is -2.27. The number of ether oxygens (including phenoxy) is 1. The second-order valence-electron chi connectivity index (χ2n) is 8.07. The highest BCUT2D eigenvalue weighted by atomic mass is 32.2. The molecule has 0 N–H and O–H groups in total. The first kappa shape index (κ1) is 22.1. The van der Waals surface area contributed by atoms with Gasteiger partial charge in [0.2, 0.25) is 5.91 Å². The Morgan fingerprint density at radius 3 is 2.22 bits per heavy atom. The van der Waals surface area contributed by atoms with Crippen molar-refractivity contribution >= 4 is 21.4 Å². The van der Waals surface area contributed by atoms with Crippen LogP contribution in [0.4, 0.5) is 5.69 Å². The maximum atomic E-state index is 13.8. The SMILES string of the molecule is CC[C@@]1(CCS(=O)(=O)c2ccccc2)C(=O)N(Cc2ccc(OC)cc2)c2ccccc21. The Bertz CT molecular complexity index is 1210. The number of anilines is 1. The predicted octanol–water partition coefficient (Wildman–Crippen LogP) is 4.75. The molecule has 0 fully saturated rings. The van der Waals surface area contributed by atoms with Gasteiger partial charge in [0.15, 0.2) is 9.84 Å². The van der Waals surface area contributed by atoms with Gasteiger partial charge in [-0.2, -0.15) is 0 Å². The summed E-state index contributed by atoms with van der Waals surface area (Å²) in [6.45, 7) is 2.38. The predicted molar refractivity (Wildman–Crippen MR) is 126 cm³/mol. The number of hydrogen-bond acceptors (Lipinski definition) is 4. The molecule has 0 saturated carbocycles. The van der Waals surface area contributed by atoms with Gasteiger partial charge in [-0.1, -0.05) is 55.5 Å². The Morgan fingerprint density at radius 2 is 1.56 bits per heavy atom. The van der Waals surface area contributed by atoms with Crippen molar-refractivity contribution in [1.29, 1.82) is 0 Å².